The van der Waals surface area contributed by atoms with Crippen LogP contribution in [0, 0.1) is 12.8 Å². The molecule has 1 aliphatic rings. The van der Waals surface area contributed by atoms with E-state index < -0.39 is 17.7 Å². The SMILES string of the molecule is CCc1cc(C)cc(CC)c1C1C(=O)CC(CCn2cc(-c3ccc(C(F)(F)F)cc3)nn2)CC1=O. The van der Waals surface area contributed by atoms with Crippen LogP contribution in [0.3, 0.4) is 0 Å². The van der Waals surface area contributed by atoms with Gasteiger partial charge in [-0.3, -0.25) is 14.3 Å². The van der Waals surface area contributed by atoms with Crippen molar-refractivity contribution < 1.29 is 22.8 Å². The van der Waals surface area contributed by atoms with E-state index >= 15 is 0 Å². The van der Waals surface area contributed by atoms with Crippen LogP contribution in [0.4, 0.5) is 13.2 Å². The maximum atomic E-state index is 13.2. The van der Waals surface area contributed by atoms with Crippen LogP contribution in [0.2, 0.25) is 0 Å². The summed E-state index contributed by atoms with van der Waals surface area (Å²) in [6.45, 7) is 6.61. The lowest BCUT2D eigenvalue weighted by Gasteiger charge is -2.29. The van der Waals surface area contributed by atoms with Gasteiger partial charge in [0.1, 0.15) is 23.2 Å². The van der Waals surface area contributed by atoms with Gasteiger partial charge in [0.15, 0.2) is 0 Å². The number of hydrogen-bond donors (Lipinski definition) is 0. The molecule has 0 N–H and O–H groups in total. The Labute approximate surface area is 208 Å². The molecule has 1 aromatic heterocycles. The molecule has 2 aromatic carbocycles. The quantitative estimate of drug-likeness (QED) is 0.369. The first-order chi connectivity index (χ1) is 17.1. The second-order valence-electron chi connectivity index (χ2n) is 9.57. The first-order valence-electron chi connectivity index (χ1n) is 12.4. The molecule has 0 radical (unpaired) electrons. The van der Waals surface area contributed by atoms with Crippen molar-refractivity contribution in [2.45, 2.75) is 71.5 Å². The van der Waals surface area contributed by atoms with Gasteiger partial charge in [-0.25, -0.2) is 0 Å². The van der Waals surface area contributed by atoms with Crippen molar-refractivity contribution in [3.63, 3.8) is 0 Å². The lowest BCUT2D eigenvalue weighted by molar-refractivity contribution is -0.137. The molecule has 190 valence electrons. The van der Waals surface area contributed by atoms with Crippen molar-refractivity contribution in [3.8, 4) is 11.3 Å². The Morgan fingerprint density at radius 3 is 2.08 bits per heavy atom. The summed E-state index contributed by atoms with van der Waals surface area (Å²) in [4.78, 5) is 26.4. The number of rotatable bonds is 7. The summed E-state index contributed by atoms with van der Waals surface area (Å²) in [5.41, 5.74) is 4.51. The molecule has 0 spiro atoms. The van der Waals surface area contributed by atoms with E-state index in [-0.39, 0.29) is 17.5 Å². The molecule has 0 bridgehead atoms. The number of ketones is 2. The highest BCUT2D eigenvalue weighted by Gasteiger charge is 2.38. The zero-order valence-electron chi connectivity index (χ0n) is 20.7. The molecule has 0 amide bonds. The Morgan fingerprint density at radius 1 is 0.972 bits per heavy atom. The van der Waals surface area contributed by atoms with Crippen molar-refractivity contribution in [1.29, 1.82) is 0 Å². The van der Waals surface area contributed by atoms with Gasteiger partial charge in [0.05, 0.1) is 11.8 Å². The Morgan fingerprint density at radius 2 is 1.56 bits per heavy atom. The van der Waals surface area contributed by atoms with Crippen LogP contribution in [-0.2, 0) is 35.2 Å². The highest BCUT2D eigenvalue weighted by atomic mass is 19.4. The van der Waals surface area contributed by atoms with Crippen molar-refractivity contribution in [2.24, 2.45) is 5.92 Å². The third kappa shape index (κ3) is 5.42. The predicted molar refractivity (Wildman–Crippen MR) is 130 cm³/mol. The number of aryl methyl sites for hydroxylation is 4. The normalized spacial score (nSPS) is 18.6. The molecule has 1 fully saturated rings. The third-order valence-electron chi connectivity index (χ3n) is 6.98. The lowest BCUT2D eigenvalue weighted by atomic mass is 9.72. The van der Waals surface area contributed by atoms with Crippen LogP contribution < -0.4 is 0 Å². The van der Waals surface area contributed by atoms with Gasteiger partial charge in [0.2, 0.25) is 0 Å². The third-order valence-corrected chi connectivity index (χ3v) is 6.98. The van der Waals surface area contributed by atoms with Gasteiger partial charge in [-0.2, -0.15) is 13.2 Å². The second-order valence-corrected chi connectivity index (χ2v) is 9.57. The van der Waals surface area contributed by atoms with E-state index in [1.54, 1.807) is 10.9 Å². The van der Waals surface area contributed by atoms with E-state index in [9.17, 15) is 22.8 Å². The number of hydrogen-bond acceptors (Lipinski definition) is 4. The summed E-state index contributed by atoms with van der Waals surface area (Å²) in [5, 5.41) is 8.14. The molecular weight excluding hydrogens is 467 g/mol. The molecule has 8 heteroatoms. The highest BCUT2D eigenvalue weighted by Crippen LogP contribution is 2.37. The summed E-state index contributed by atoms with van der Waals surface area (Å²) in [5.74, 6) is -0.785. The fourth-order valence-corrected chi connectivity index (χ4v) is 5.18. The van der Waals surface area contributed by atoms with Crippen molar-refractivity contribution in [1.82, 2.24) is 15.0 Å². The standard InChI is InChI=1S/C28H30F3N3O2/c1-4-19-12-17(3)13-20(5-2)26(19)27-24(35)14-18(15-25(27)36)10-11-34-16-23(32-33-34)21-6-8-22(9-7-21)28(29,30)31/h6-9,12-13,16,18,27H,4-5,10-11,14-15H2,1-3H3. The largest absolute Gasteiger partial charge is 0.416 e. The van der Waals surface area contributed by atoms with Crippen LogP contribution >= 0.6 is 0 Å². The molecular formula is C28H30F3N3O2. The van der Waals surface area contributed by atoms with E-state index in [1.807, 2.05) is 6.92 Å². The molecule has 1 heterocycles. The van der Waals surface area contributed by atoms with E-state index in [2.05, 4.69) is 36.3 Å². The van der Waals surface area contributed by atoms with E-state index in [4.69, 9.17) is 0 Å². The maximum absolute atomic E-state index is 13.2. The first kappa shape index (κ1) is 25.8. The average Bonchev–Trinajstić information content (AvgIpc) is 3.31. The molecule has 5 nitrogen and oxygen atoms in total. The number of aromatic nitrogens is 3. The predicted octanol–water partition coefficient (Wildman–Crippen LogP) is 6.12. The topological polar surface area (TPSA) is 64.8 Å². The monoisotopic (exact) mass is 497 g/mol. The summed E-state index contributed by atoms with van der Waals surface area (Å²) < 4.78 is 40.0. The number of carbonyl (C=O) groups excluding carboxylic acids is 2. The number of benzene rings is 2. The van der Waals surface area contributed by atoms with E-state index in [0.29, 0.717) is 37.1 Å². The highest BCUT2D eigenvalue weighted by molar-refractivity contribution is 6.10. The molecule has 4 rings (SSSR count). The summed E-state index contributed by atoms with van der Waals surface area (Å²) in [7, 11) is 0. The minimum Gasteiger partial charge on any atom is -0.299 e. The summed E-state index contributed by atoms with van der Waals surface area (Å²) in [6.07, 6.45) is 0.115. The molecule has 0 saturated heterocycles. The molecule has 3 aromatic rings. The summed E-state index contributed by atoms with van der Waals surface area (Å²) >= 11 is 0. The zero-order chi connectivity index (χ0) is 26.0. The van der Waals surface area contributed by atoms with Crippen LogP contribution in [0.1, 0.15) is 66.8 Å². The maximum Gasteiger partial charge on any atom is 0.416 e. The van der Waals surface area contributed by atoms with Gasteiger partial charge in [-0.15, -0.1) is 5.10 Å². The van der Waals surface area contributed by atoms with Crippen LogP contribution in [0.15, 0.2) is 42.6 Å². The molecule has 0 aliphatic heterocycles. The van der Waals surface area contributed by atoms with Gasteiger partial charge in [0.25, 0.3) is 0 Å². The van der Waals surface area contributed by atoms with Gasteiger partial charge in [-0.05, 0) is 60.9 Å². The molecule has 36 heavy (non-hydrogen) atoms. The zero-order valence-corrected chi connectivity index (χ0v) is 20.7. The van der Waals surface area contributed by atoms with Crippen LogP contribution in [0.25, 0.3) is 11.3 Å². The molecule has 0 atom stereocenters. The van der Waals surface area contributed by atoms with Crippen LogP contribution in [-0.4, -0.2) is 26.6 Å². The Kier molecular flexibility index (Phi) is 7.43. The van der Waals surface area contributed by atoms with Crippen molar-refractivity contribution >= 4 is 11.6 Å². The second kappa shape index (κ2) is 10.4. The Bertz CT molecular complexity index is 1220. The van der Waals surface area contributed by atoms with Gasteiger partial charge >= 0.3 is 6.18 Å². The number of Topliss-reactive ketones (excluding diaryl/α,β-unsaturated/α-hetero) is 2. The average molecular weight is 498 g/mol. The van der Waals surface area contributed by atoms with Crippen molar-refractivity contribution in [2.75, 3.05) is 0 Å². The number of nitrogens with zero attached hydrogens (tertiary/aromatic N) is 3. The lowest BCUT2D eigenvalue weighted by Crippen LogP contribution is -2.33. The minimum absolute atomic E-state index is 0.0199. The number of halogens is 3. The molecule has 1 saturated carbocycles. The minimum atomic E-state index is -4.39. The summed E-state index contributed by atoms with van der Waals surface area (Å²) in [6, 6.07) is 8.95. The van der Waals surface area contributed by atoms with E-state index in [1.165, 1.54) is 12.1 Å². The molecule has 0 unspecified atom stereocenters. The number of carbonyl (C=O) groups is 2. The van der Waals surface area contributed by atoms with Crippen LogP contribution in [0.5, 0.6) is 0 Å². The Balaban J connectivity index is 1.42. The van der Waals surface area contributed by atoms with Crippen molar-refractivity contribution in [3.05, 3.63) is 70.4 Å². The smallest absolute Gasteiger partial charge is 0.299 e. The number of alkyl halides is 3. The van der Waals surface area contributed by atoms with Gasteiger partial charge < -0.3 is 0 Å². The fourth-order valence-electron chi connectivity index (χ4n) is 5.18. The fraction of sp³-hybridized carbons (Fsp3) is 0.429. The molecule has 1 aliphatic carbocycles. The van der Waals surface area contributed by atoms with Gasteiger partial charge in [-0.1, -0.05) is 48.9 Å². The first-order valence-corrected chi connectivity index (χ1v) is 12.4. The Hall–Kier alpha value is -3.29. The van der Waals surface area contributed by atoms with Gasteiger partial charge in [0, 0.05) is 24.9 Å². The van der Waals surface area contributed by atoms with E-state index in [0.717, 1.165) is 47.2 Å².